The average molecular weight is 198 g/mol. The number of hydrogen-bond donors (Lipinski definition) is 1. The second-order valence-corrected chi connectivity index (χ2v) is 3.13. The number of carbonyl (C=O) groups excluding carboxylic acids is 2. The molecule has 1 aliphatic heterocycles. The van der Waals surface area contributed by atoms with E-state index in [1.165, 1.54) is 6.08 Å². The summed E-state index contributed by atoms with van der Waals surface area (Å²) in [5.74, 6) is -3.10. The number of ketones is 1. The van der Waals surface area contributed by atoms with Crippen molar-refractivity contribution in [2.75, 3.05) is 0 Å². The van der Waals surface area contributed by atoms with E-state index in [9.17, 15) is 14.4 Å². The summed E-state index contributed by atoms with van der Waals surface area (Å²) in [5, 5.41) is 8.36. The molecule has 0 aliphatic carbocycles. The first-order valence-electron chi connectivity index (χ1n) is 4.15. The Bertz CT molecular complexity index is 304. The summed E-state index contributed by atoms with van der Waals surface area (Å²) in [4.78, 5) is 31.9. The van der Waals surface area contributed by atoms with Gasteiger partial charge in [-0.2, -0.15) is 0 Å². The van der Waals surface area contributed by atoms with E-state index < -0.39 is 23.8 Å². The van der Waals surface area contributed by atoms with Gasteiger partial charge in [-0.15, -0.1) is 0 Å². The van der Waals surface area contributed by atoms with Gasteiger partial charge >= 0.3 is 11.9 Å². The largest absolute Gasteiger partial charge is 0.475 e. The summed E-state index contributed by atoms with van der Waals surface area (Å²) in [6.07, 6.45) is 1.95. The molecule has 5 nitrogen and oxygen atoms in total. The lowest BCUT2D eigenvalue weighted by Gasteiger charge is -2.23. The number of carbonyl (C=O) groups is 3. The van der Waals surface area contributed by atoms with Crippen LogP contribution >= 0.6 is 0 Å². The Labute approximate surface area is 80.4 Å². The highest BCUT2D eigenvalue weighted by molar-refractivity contribution is 6.32. The van der Waals surface area contributed by atoms with Gasteiger partial charge in [-0.25, -0.2) is 9.59 Å². The molecule has 0 fully saturated rings. The highest BCUT2D eigenvalue weighted by Crippen LogP contribution is 2.18. The topological polar surface area (TPSA) is 80.7 Å². The minimum absolute atomic E-state index is 0.129. The van der Waals surface area contributed by atoms with Gasteiger partial charge in [0, 0.05) is 12.0 Å². The first-order chi connectivity index (χ1) is 6.50. The van der Waals surface area contributed by atoms with Crippen molar-refractivity contribution < 1.29 is 24.2 Å². The summed E-state index contributed by atoms with van der Waals surface area (Å²) in [6.45, 7) is 1.75. The smallest absolute Gasteiger partial charge is 0.372 e. The van der Waals surface area contributed by atoms with Crippen LogP contribution in [-0.2, 0) is 19.1 Å². The quantitative estimate of drug-likeness (QED) is 0.515. The molecule has 0 saturated heterocycles. The molecule has 1 N–H and O–H groups in total. The first kappa shape index (κ1) is 10.4. The zero-order valence-corrected chi connectivity index (χ0v) is 7.60. The van der Waals surface area contributed by atoms with E-state index in [2.05, 4.69) is 0 Å². The fraction of sp³-hybridized carbons (Fsp3) is 0.444. The maximum Gasteiger partial charge on any atom is 0.372 e. The number of aliphatic carboxylic acids is 1. The molecule has 0 aromatic heterocycles. The summed E-state index contributed by atoms with van der Waals surface area (Å²) >= 11 is 0. The molecule has 0 aromatic carbocycles. The van der Waals surface area contributed by atoms with Crippen LogP contribution in [0, 0.1) is 5.92 Å². The lowest BCUT2D eigenvalue weighted by molar-refractivity contribution is -0.154. The van der Waals surface area contributed by atoms with Gasteiger partial charge in [0.05, 0.1) is 6.42 Å². The third-order valence-corrected chi connectivity index (χ3v) is 2.01. The molecule has 1 rings (SSSR count). The molecule has 1 aliphatic rings. The van der Waals surface area contributed by atoms with Gasteiger partial charge in [0.25, 0.3) is 0 Å². The lowest BCUT2D eigenvalue weighted by atomic mass is 9.97. The minimum atomic E-state index is -1.50. The third kappa shape index (κ3) is 2.42. The van der Waals surface area contributed by atoms with Crippen molar-refractivity contribution in [3.05, 3.63) is 12.2 Å². The number of Topliss-reactive ketones (excluding diaryl/α,β-unsaturated/α-hetero) is 1. The summed E-state index contributed by atoms with van der Waals surface area (Å²) in [7, 11) is 0. The Morgan fingerprint density at radius 1 is 1.57 bits per heavy atom. The molecular weight excluding hydrogens is 188 g/mol. The molecule has 76 valence electrons. The van der Waals surface area contributed by atoms with Crippen molar-refractivity contribution in [1.29, 1.82) is 0 Å². The molecule has 0 saturated carbocycles. The minimum Gasteiger partial charge on any atom is -0.475 e. The summed E-state index contributed by atoms with van der Waals surface area (Å²) in [5.41, 5.74) is 0. The highest BCUT2D eigenvalue weighted by atomic mass is 16.5. The number of carboxylic acid groups (broad SMARTS) is 1. The SMILES string of the molecule is C[C@H]1C=CC(=O)O[C@H]1CC(=O)C(=O)O. The Hall–Kier alpha value is -1.65. The van der Waals surface area contributed by atoms with Gasteiger partial charge in [-0.05, 0) is 0 Å². The number of esters is 1. The fourth-order valence-electron chi connectivity index (χ4n) is 1.15. The van der Waals surface area contributed by atoms with E-state index in [1.807, 2.05) is 0 Å². The van der Waals surface area contributed by atoms with E-state index in [4.69, 9.17) is 9.84 Å². The maximum absolute atomic E-state index is 10.8. The fourth-order valence-corrected chi connectivity index (χ4v) is 1.15. The van der Waals surface area contributed by atoms with E-state index >= 15 is 0 Å². The summed E-state index contributed by atoms with van der Waals surface area (Å²) < 4.78 is 4.81. The van der Waals surface area contributed by atoms with Crippen LogP contribution in [0.15, 0.2) is 12.2 Å². The van der Waals surface area contributed by atoms with E-state index in [0.717, 1.165) is 0 Å². The van der Waals surface area contributed by atoms with Gasteiger partial charge in [0.2, 0.25) is 5.78 Å². The first-order valence-corrected chi connectivity index (χ1v) is 4.15. The molecule has 0 amide bonds. The number of rotatable bonds is 3. The normalized spacial score (nSPS) is 25.6. The van der Waals surface area contributed by atoms with Crippen LogP contribution in [0.2, 0.25) is 0 Å². The molecule has 5 heteroatoms. The van der Waals surface area contributed by atoms with Crippen LogP contribution in [0.4, 0.5) is 0 Å². The zero-order chi connectivity index (χ0) is 10.7. The molecular formula is C9H10O5. The molecule has 0 bridgehead atoms. The second-order valence-electron chi connectivity index (χ2n) is 3.13. The van der Waals surface area contributed by atoms with E-state index in [-0.39, 0.29) is 12.3 Å². The Kier molecular flexibility index (Phi) is 3.01. The molecule has 0 unspecified atom stereocenters. The number of cyclic esters (lactones) is 1. The van der Waals surface area contributed by atoms with Crippen LogP contribution in [0.3, 0.4) is 0 Å². The van der Waals surface area contributed by atoms with Crippen LogP contribution in [0.5, 0.6) is 0 Å². The van der Waals surface area contributed by atoms with Gasteiger partial charge < -0.3 is 9.84 Å². The van der Waals surface area contributed by atoms with Crippen molar-refractivity contribution in [1.82, 2.24) is 0 Å². The number of ether oxygens (including phenoxy) is 1. The standard InChI is InChI=1S/C9H10O5/c1-5-2-3-8(11)14-7(5)4-6(10)9(12)13/h2-3,5,7H,4H2,1H3,(H,12,13)/t5-,7-/m0/s1. The van der Waals surface area contributed by atoms with Crippen molar-refractivity contribution in [3.8, 4) is 0 Å². The number of hydrogen-bond acceptors (Lipinski definition) is 4. The number of carboxylic acids is 1. The predicted octanol–water partition coefficient (Wildman–Crippen LogP) is 0.148. The summed E-state index contributed by atoms with van der Waals surface area (Å²) in [6, 6.07) is 0. The molecule has 0 radical (unpaired) electrons. The van der Waals surface area contributed by atoms with E-state index in [1.54, 1.807) is 13.0 Å². The van der Waals surface area contributed by atoms with Gasteiger partial charge in [-0.1, -0.05) is 13.0 Å². The van der Waals surface area contributed by atoms with Crippen LogP contribution < -0.4 is 0 Å². The monoisotopic (exact) mass is 198 g/mol. The van der Waals surface area contributed by atoms with Gasteiger partial charge in [0.1, 0.15) is 6.10 Å². The van der Waals surface area contributed by atoms with Crippen LogP contribution in [-0.4, -0.2) is 28.9 Å². The van der Waals surface area contributed by atoms with Crippen molar-refractivity contribution >= 4 is 17.7 Å². The maximum atomic E-state index is 10.8. The average Bonchev–Trinajstić information content (AvgIpc) is 2.11. The van der Waals surface area contributed by atoms with E-state index in [0.29, 0.717) is 0 Å². The second kappa shape index (κ2) is 4.04. The Balaban J connectivity index is 2.61. The predicted molar refractivity (Wildman–Crippen MR) is 45.4 cm³/mol. The van der Waals surface area contributed by atoms with Crippen molar-refractivity contribution in [2.24, 2.45) is 5.92 Å². The van der Waals surface area contributed by atoms with Gasteiger partial charge in [-0.3, -0.25) is 4.79 Å². The third-order valence-electron chi connectivity index (χ3n) is 2.01. The molecule has 0 aromatic rings. The molecule has 2 atom stereocenters. The van der Waals surface area contributed by atoms with Crippen LogP contribution in [0.25, 0.3) is 0 Å². The Morgan fingerprint density at radius 3 is 2.79 bits per heavy atom. The van der Waals surface area contributed by atoms with Crippen molar-refractivity contribution in [3.63, 3.8) is 0 Å². The van der Waals surface area contributed by atoms with Crippen LogP contribution in [0.1, 0.15) is 13.3 Å². The highest BCUT2D eigenvalue weighted by Gasteiger charge is 2.27. The Morgan fingerprint density at radius 2 is 2.21 bits per heavy atom. The zero-order valence-electron chi connectivity index (χ0n) is 7.60. The molecule has 1 heterocycles. The molecule has 14 heavy (non-hydrogen) atoms. The lowest BCUT2D eigenvalue weighted by Crippen LogP contribution is -2.31. The van der Waals surface area contributed by atoms with Gasteiger partial charge in [0.15, 0.2) is 0 Å². The molecule has 0 spiro atoms. The van der Waals surface area contributed by atoms with Crippen molar-refractivity contribution in [2.45, 2.75) is 19.4 Å².